The number of rotatable bonds is 10. The lowest BCUT2D eigenvalue weighted by Crippen LogP contribution is -2.39. The third kappa shape index (κ3) is 6.74. The average Bonchev–Trinajstić information content (AvgIpc) is 2.90. The van der Waals surface area contributed by atoms with Gasteiger partial charge >= 0.3 is 5.69 Å². The van der Waals surface area contributed by atoms with E-state index in [1.165, 1.54) is 57.0 Å². The zero-order valence-corrected chi connectivity index (χ0v) is 21.9. The Balaban J connectivity index is 1.68. The van der Waals surface area contributed by atoms with Crippen molar-refractivity contribution in [2.75, 3.05) is 13.7 Å². The quantitative estimate of drug-likeness (QED) is 0.276. The van der Waals surface area contributed by atoms with Crippen molar-refractivity contribution in [3.8, 4) is 17.2 Å². The number of hydrogen-bond acceptors (Lipinski definition) is 9. The molecule has 3 aromatic rings. The molecule has 0 spiro atoms. The lowest BCUT2D eigenvalue weighted by molar-refractivity contribution is -0.122. The maximum Gasteiger partial charge on any atom is 0.330 e. The molecule has 3 rings (SSSR count). The third-order valence-electron chi connectivity index (χ3n) is 6.15. The summed E-state index contributed by atoms with van der Waals surface area (Å²) in [7, 11) is 4.19. The van der Waals surface area contributed by atoms with Gasteiger partial charge in [0.05, 0.1) is 19.6 Å². The molecule has 2 heterocycles. The number of nitrogens with zero attached hydrogens (tertiary/aromatic N) is 2. The van der Waals surface area contributed by atoms with Gasteiger partial charge in [0.25, 0.3) is 5.56 Å². The number of ether oxygens (including phenoxy) is 1. The maximum absolute atomic E-state index is 12.8. The van der Waals surface area contributed by atoms with Crippen molar-refractivity contribution in [3.63, 3.8) is 0 Å². The van der Waals surface area contributed by atoms with Crippen molar-refractivity contribution in [1.82, 2.24) is 19.8 Å². The van der Waals surface area contributed by atoms with Crippen LogP contribution in [0.1, 0.15) is 41.5 Å². The highest BCUT2D eigenvalue weighted by atomic mass is 16.5. The molecule has 13 heteroatoms. The number of aromatic hydroxyl groups is 2. The summed E-state index contributed by atoms with van der Waals surface area (Å²) in [5.74, 6) is -2.39. The first-order valence-corrected chi connectivity index (χ1v) is 11.9. The summed E-state index contributed by atoms with van der Waals surface area (Å²) >= 11 is 0. The third-order valence-corrected chi connectivity index (χ3v) is 6.15. The van der Waals surface area contributed by atoms with E-state index in [4.69, 9.17) is 9.15 Å². The second-order valence-electron chi connectivity index (χ2n) is 8.87. The first-order valence-electron chi connectivity index (χ1n) is 11.9. The molecule has 0 fully saturated rings. The Kier molecular flexibility index (Phi) is 8.96. The van der Waals surface area contributed by atoms with Crippen molar-refractivity contribution >= 4 is 11.8 Å². The number of carbonyl (C=O) groups excluding carboxylic acids is 2. The number of methoxy groups -OCH3 is 1. The lowest BCUT2D eigenvalue weighted by Gasteiger charge is -2.19. The fourth-order valence-corrected chi connectivity index (χ4v) is 3.93. The van der Waals surface area contributed by atoms with Crippen LogP contribution in [-0.2, 0) is 30.2 Å². The van der Waals surface area contributed by atoms with Gasteiger partial charge in [0.2, 0.25) is 23.0 Å². The summed E-state index contributed by atoms with van der Waals surface area (Å²) in [6.45, 7) is 1.45. The normalized spacial score (nSPS) is 11.6. The molecule has 4 N–H and O–H groups in total. The fraction of sp³-hybridized carbons (Fsp3) is 0.346. The lowest BCUT2D eigenvalue weighted by atomic mass is 9.91. The zero-order valence-electron chi connectivity index (χ0n) is 21.9. The molecule has 0 aliphatic rings. The summed E-state index contributed by atoms with van der Waals surface area (Å²) in [4.78, 5) is 61.1. The van der Waals surface area contributed by atoms with Crippen LogP contribution in [0.4, 0.5) is 0 Å². The van der Waals surface area contributed by atoms with Crippen LogP contribution in [-0.4, -0.2) is 44.8 Å². The molecule has 13 nitrogen and oxygen atoms in total. The van der Waals surface area contributed by atoms with Crippen LogP contribution in [0.3, 0.4) is 0 Å². The smallest absolute Gasteiger partial charge is 0.330 e. The molecule has 0 saturated heterocycles. The molecule has 0 aliphatic heterocycles. The van der Waals surface area contributed by atoms with Crippen LogP contribution in [0.15, 0.2) is 49.1 Å². The Labute approximate surface area is 222 Å². The van der Waals surface area contributed by atoms with Gasteiger partial charge in [0.15, 0.2) is 17.3 Å². The van der Waals surface area contributed by atoms with Gasteiger partial charge in [-0.1, -0.05) is 6.07 Å². The van der Waals surface area contributed by atoms with E-state index in [1.54, 1.807) is 0 Å². The van der Waals surface area contributed by atoms with Gasteiger partial charge in [-0.2, -0.15) is 0 Å². The maximum atomic E-state index is 12.8. The predicted octanol–water partition coefficient (Wildman–Crippen LogP) is 0.110. The van der Waals surface area contributed by atoms with Gasteiger partial charge in [0, 0.05) is 51.3 Å². The Hall–Kier alpha value is -4.81. The van der Waals surface area contributed by atoms with Crippen LogP contribution in [0.2, 0.25) is 0 Å². The van der Waals surface area contributed by atoms with Crippen LogP contribution in [0.5, 0.6) is 17.2 Å². The molecule has 0 unspecified atom stereocenters. The molecule has 0 aliphatic carbocycles. The molecular formula is C26H30N4O9. The minimum Gasteiger partial charge on any atom is -0.504 e. The van der Waals surface area contributed by atoms with Crippen molar-refractivity contribution in [2.24, 2.45) is 14.1 Å². The highest BCUT2D eigenvalue weighted by Gasteiger charge is 2.26. The molecule has 2 amide bonds. The number of aryl methyl sites for hydroxylation is 1. The van der Waals surface area contributed by atoms with Crippen LogP contribution in [0, 0.1) is 6.92 Å². The van der Waals surface area contributed by atoms with Gasteiger partial charge in [-0.15, -0.1) is 0 Å². The Morgan fingerprint density at radius 3 is 2.44 bits per heavy atom. The summed E-state index contributed by atoms with van der Waals surface area (Å²) in [6, 6.07) is 6.70. The van der Waals surface area contributed by atoms with Crippen molar-refractivity contribution in [2.45, 2.75) is 32.2 Å². The molecule has 39 heavy (non-hydrogen) atoms. The molecule has 1 atom stereocenters. The highest BCUT2D eigenvalue weighted by Crippen LogP contribution is 2.37. The number of carbonyl (C=O) groups is 2. The van der Waals surface area contributed by atoms with E-state index in [1.807, 2.05) is 0 Å². The second kappa shape index (κ2) is 12.2. The number of amides is 2. The number of phenolic OH excluding ortho intramolecular Hbond substituents is 1. The van der Waals surface area contributed by atoms with Crippen molar-refractivity contribution in [1.29, 1.82) is 0 Å². The van der Waals surface area contributed by atoms with E-state index in [0.717, 1.165) is 10.6 Å². The summed E-state index contributed by atoms with van der Waals surface area (Å²) in [5.41, 5.74) is -0.926. The number of nitrogens with one attached hydrogen (secondary N) is 2. The SMILES string of the molecule is COc1cc([C@@H](CC(=O)NCCC(=O)NCc2cc(=O)n(C)c(=O)n2C)c2oc(C)cc(=O)c2O)ccc1O. The average molecular weight is 543 g/mol. The summed E-state index contributed by atoms with van der Waals surface area (Å²) < 4.78 is 13.0. The predicted molar refractivity (Wildman–Crippen MR) is 139 cm³/mol. The van der Waals surface area contributed by atoms with Gasteiger partial charge < -0.3 is 30.0 Å². The molecule has 0 bridgehead atoms. The minimum absolute atomic E-state index is 0.0322. The highest BCUT2D eigenvalue weighted by molar-refractivity contribution is 5.79. The molecule has 0 saturated carbocycles. The molecular weight excluding hydrogens is 512 g/mol. The first kappa shape index (κ1) is 28.8. The number of phenols is 1. The molecule has 2 aromatic heterocycles. The molecule has 208 valence electrons. The number of aromatic nitrogens is 2. The van der Waals surface area contributed by atoms with E-state index < -0.39 is 40.2 Å². The fourth-order valence-electron chi connectivity index (χ4n) is 3.93. The first-order chi connectivity index (χ1) is 18.4. The van der Waals surface area contributed by atoms with E-state index in [2.05, 4.69) is 10.6 Å². The van der Waals surface area contributed by atoms with Gasteiger partial charge in [-0.3, -0.25) is 28.3 Å². The zero-order chi connectivity index (χ0) is 28.9. The van der Waals surface area contributed by atoms with E-state index in [9.17, 15) is 34.2 Å². The molecule has 1 aromatic carbocycles. The number of benzene rings is 1. The topological polar surface area (TPSA) is 182 Å². The van der Waals surface area contributed by atoms with E-state index >= 15 is 0 Å². The van der Waals surface area contributed by atoms with Crippen LogP contribution < -0.4 is 32.0 Å². The van der Waals surface area contributed by atoms with Gasteiger partial charge in [0.1, 0.15) is 5.76 Å². The Morgan fingerprint density at radius 1 is 1.03 bits per heavy atom. The monoisotopic (exact) mass is 542 g/mol. The largest absolute Gasteiger partial charge is 0.504 e. The van der Waals surface area contributed by atoms with Crippen LogP contribution >= 0.6 is 0 Å². The van der Waals surface area contributed by atoms with E-state index in [-0.39, 0.29) is 49.0 Å². The minimum atomic E-state index is -0.914. The van der Waals surface area contributed by atoms with Crippen molar-refractivity contribution < 1.29 is 29.0 Å². The molecule has 0 radical (unpaired) electrons. The Morgan fingerprint density at radius 2 is 1.74 bits per heavy atom. The number of hydrogen-bond donors (Lipinski definition) is 4. The standard InChI is InChI=1S/C26H30N4O9/c1-14-9-19(32)24(36)25(39-14)17(15-5-6-18(31)20(10-15)38-4)12-22(34)27-8-7-21(33)28-13-16-11-23(35)30(3)26(37)29(16)2/h5-6,9-11,17,31,36H,7-8,12-13H2,1-4H3,(H,27,34)(H,28,33)/t17-/m1/s1. The summed E-state index contributed by atoms with van der Waals surface area (Å²) in [6.07, 6.45) is -0.349. The second-order valence-corrected chi connectivity index (χ2v) is 8.87. The van der Waals surface area contributed by atoms with E-state index in [0.29, 0.717) is 11.3 Å². The summed E-state index contributed by atoms with van der Waals surface area (Å²) in [5, 5.41) is 25.6. The Bertz CT molecular complexity index is 1570. The van der Waals surface area contributed by atoms with Crippen LogP contribution in [0.25, 0.3) is 0 Å². The van der Waals surface area contributed by atoms with Crippen molar-refractivity contribution in [3.05, 3.63) is 84.2 Å². The van der Waals surface area contributed by atoms with Gasteiger partial charge in [-0.05, 0) is 24.6 Å². The van der Waals surface area contributed by atoms with Gasteiger partial charge in [-0.25, -0.2) is 4.79 Å².